The number of anilines is 1. The van der Waals surface area contributed by atoms with E-state index >= 15 is 0 Å². The molecule has 1 aliphatic rings. The molecule has 0 spiro atoms. The highest BCUT2D eigenvalue weighted by Gasteiger charge is 2.21. The Labute approximate surface area is 118 Å². The van der Waals surface area contributed by atoms with Gasteiger partial charge in [-0.05, 0) is 18.8 Å². The van der Waals surface area contributed by atoms with Gasteiger partial charge in [-0.15, -0.1) is 0 Å². The number of hydrogen-bond acceptors (Lipinski definition) is 5. The first kappa shape index (κ1) is 14.5. The van der Waals surface area contributed by atoms with Gasteiger partial charge in [0, 0.05) is 33.4 Å². The van der Waals surface area contributed by atoms with E-state index < -0.39 is 0 Å². The van der Waals surface area contributed by atoms with Crippen molar-refractivity contribution in [2.24, 2.45) is 5.92 Å². The molecule has 6 heteroatoms. The van der Waals surface area contributed by atoms with Crippen LogP contribution in [0.15, 0.2) is 6.07 Å². The fraction of sp³-hybridized carbons (Fsp3) is 0.692. The summed E-state index contributed by atoms with van der Waals surface area (Å²) in [5, 5.41) is 0.433. The summed E-state index contributed by atoms with van der Waals surface area (Å²) in [6.45, 7) is 2.73. The van der Waals surface area contributed by atoms with Gasteiger partial charge in [-0.2, -0.15) is 0 Å². The average Bonchev–Trinajstić information content (AvgIpc) is 3.18. The number of ether oxygens (including phenoxy) is 2. The summed E-state index contributed by atoms with van der Waals surface area (Å²) >= 11 is 5.98. The van der Waals surface area contributed by atoms with Crippen molar-refractivity contribution in [3.63, 3.8) is 0 Å². The second kappa shape index (κ2) is 7.03. The summed E-state index contributed by atoms with van der Waals surface area (Å²) in [5.74, 6) is 2.19. The van der Waals surface area contributed by atoms with Gasteiger partial charge in [-0.3, -0.25) is 0 Å². The number of methoxy groups -OCH3 is 1. The van der Waals surface area contributed by atoms with E-state index in [-0.39, 0.29) is 0 Å². The Balaban J connectivity index is 1.83. The molecular weight excluding hydrogens is 266 g/mol. The molecule has 1 saturated carbocycles. The van der Waals surface area contributed by atoms with Crippen LogP contribution >= 0.6 is 11.6 Å². The van der Waals surface area contributed by atoms with Gasteiger partial charge >= 0.3 is 0 Å². The fourth-order valence-corrected chi connectivity index (χ4v) is 1.89. The smallest absolute Gasteiger partial charge is 0.158 e. The third-order valence-electron chi connectivity index (χ3n) is 3.01. The SMILES string of the molecule is COCc1nc(Cl)cc(N(C)CCOCC2CC2)n1. The topological polar surface area (TPSA) is 47.5 Å². The summed E-state index contributed by atoms with van der Waals surface area (Å²) in [6.07, 6.45) is 2.63. The van der Waals surface area contributed by atoms with E-state index in [1.54, 1.807) is 13.2 Å². The first-order valence-electron chi connectivity index (χ1n) is 6.50. The Hall–Kier alpha value is -0.910. The number of nitrogens with zero attached hydrogens (tertiary/aromatic N) is 3. The molecular formula is C13H20ClN3O2. The molecule has 1 heterocycles. The highest BCUT2D eigenvalue weighted by molar-refractivity contribution is 6.29. The zero-order valence-corrected chi connectivity index (χ0v) is 12.2. The van der Waals surface area contributed by atoms with Gasteiger partial charge < -0.3 is 14.4 Å². The van der Waals surface area contributed by atoms with E-state index in [0.717, 1.165) is 24.9 Å². The zero-order valence-electron chi connectivity index (χ0n) is 11.4. The van der Waals surface area contributed by atoms with Gasteiger partial charge in [0.05, 0.1) is 6.61 Å². The van der Waals surface area contributed by atoms with Crippen LogP contribution in [0.25, 0.3) is 0 Å². The fourth-order valence-electron chi connectivity index (χ4n) is 1.69. The number of likely N-dealkylation sites (N-methyl/N-ethyl adjacent to an activating group) is 1. The van der Waals surface area contributed by atoms with E-state index in [1.165, 1.54) is 12.8 Å². The normalized spacial score (nSPS) is 14.7. The molecule has 2 rings (SSSR count). The molecule has 1 aromatic heterocycles. The van der Waals surface area contributed by atoms with Crippen molar-refractivity contribution in [1.82, 2.24) is 9.97 Å². The lowest BCUT2D eigenvalue weighted by Gasteiger charge is -2.18. The van der Waals surface area contributed by atoms with Crippen LogP contribution in [0, 0.1) is 5.92 Å². The monoisotopic (exact) mass is 285 g/mol. The molecule has 1 aliphatic carbocycles. The molecule has 1 fully saturated rings. The molecule has 0 N–H and O–H groups in total. The number of halogens is 1. The van der Waals surface area contributed by atoms with Crippen molar-refractivity contribution in [1.29, 1.82) is 0 Å². The predicted octanol–water partition coefficient (Wildman–Crippen LogP) is 2.14. The average molecular weight is 286 g/mol. The van der Waals surface area contributed by atoms with Crippen molar-refractivity contribution in [3.05, 3.63) is 17.0 Å². The molecule has 0 unspecified atom stereocenters. The van der Waals surface area contributed by atoms with Crippen LogP contribution in [0.5, 0.6) is 0 Å². The highest BCUT2D eigenvalue weighted by atomic mass is 35.5. The second-order valence-electron chi connectivity index (χ2n) is 4.84. The van der Waals surface area contributed by atoms with E-state index in [9.17, 15) is 0 Å². The van der Waals surface area contributed by atoms with Crippen LogP contribution in [0.2, 0.25) is 5.15 Å². The molecule has 0 atom stereocenters. The number of rotatable bonds is 8. The molecule has 106 valence electrons. The third kappa shape index (κ3) is 4.93. The van der Waals surface area contributed by atoms with Crippen molar-refractivity contribution in [2.45, 2.75) is 19.4 Å². The van der Waals surface area contributed by atoms with Crippen LogP contribution in [-0.4, -0.2) is 43.9 Å². The summed E-state index contributed by atoms with van der Waals surface area (Å²) in [4.78, 5) is 10.5. The maximum absolute atomic E-state index is 5.98. The van der Waals surface area contributed by atoms with Crippen molar-refractivity contribution in [2.75, 3.05) is 38.8 Å². The van der Waals surface area contributed by atoms with Gasteiger partial charge in [0.15, 0.2) is 5.82 Å². The Morgan fingerprint density at radius 3 is 2.89 bits per heavy atom. The van der Waals surface area contributed by atoms with Crippen LogP contribution < -0.4 is 4.90 Å². The highest BCUT2D eigenvalue weighted by Crippen LogP contribution is 2.28. The van der Waals surface area contributed by atoms with E-state index in [2.05, 4.69) is 9.97 Å². The Morgan fingerprint density at radius 1 is 1.42 bits per heavy atom. The molecule has 0 saturated heterocycles. The Morgan fingerprint density at radius 2 is 2.21 bits per heavy atom. The lowest BCUT2D eigenvalue weighted by molar-refractivity contribution is 0.130. The minimum absolute atomic E-state index is 0.361. The maximum atomic E-state index is 5.98. The standard InChI is InChI=1S/C13H20ClN3O2/c1-17(5-6-19-8-10-3-4-10)13-7-11(14)15-12(16-13)9-18-2/h7,10H,3-6,8-9H2,1-2H3. The summed E-state index contributed by atoms with van der Waals surface area (Å²) < 4.78 is 10.6. The lowest BCUT2D eigenvalue weighted by Crippen LogP contribution is -2.24. The predicted molar refractivity (Wildman–Crippen MR) is 74.6 cm³/mol. The van der Waals surface area contributed by atoms with Crippen molar-refractivity contribution in [3.8, 4) is 0 Å². The summed E-state index contributed by atoms with van der Waals surface area (Å²) in [6, 6.07) is 1.75. The molecule has 19 heavy (non-hydrogen) atoms. The Bertz CT molecular complexity index is 413. The quantitative estimate of drug-likeness (QED) is 0.541. The largest absolute Gasteiger partial charge is 0.379 e. The van der Waals surface area contributed by atoms with Crippen LogP contribution in [-0.2, 0) is 16.1 Å². The van der Waals surface area contributed by atoms with Crippen LogP contribution in [0.3, 0.4) is 0 Å². The minimum Gasteiger partial charge on any atom is -0.379 e. The van der Waals surface area contributed by atoms with Crippen molar-refractivity contribution < 1.29 is 9.47 Å². The van der Waals surface area contributed by atoms with Crippen molar-refractivity contribution >= 4 is 17.4 Å². The lowest BCUT2D eigenvalue weighted by atomic mass is 10.4. The second-order valence-corrected chi connectivity index (χ2v) is 5.23. The van der Waals surface area contributed by atoms with Crippen LogP contribution in [0.1, 0.15) is 18.7 Å². The van der Waals surface area contributed by atoms with Gasteiger partial charge in [0.2, 0.25) is 0 Å². The van der Waals surface area contributed by atoms with E-state index in [1.807, 2.05) is 11.9 Å². The number of hydrogen-bond donors (Lipinski definition) is 0. The molecule has 0 radical (unpaired) electrons. The molecule has 0 aromatic carbocycles. The molecule has 0 bridgehead atoms. The summed E-state index contributed by atoms with van der Waals surface area (Å²) in [7, 11) is 3.58. The molecule has 0 aliphatic heterocycles. The number of aromatic nitrogens is 2. The maximum Gasteiger partial charge on any atom is 0.158 e. The molecule has 5 nitrogen and oxygen atoms in total. The van der Waals surface area contributed by atoms with E-state index in [4.69, 9.17) is 21.1 Å². The first-order valence-corrected chi connectivity index (χ1v) is 6.88. The third-order valence-corrected chi connectivity index (χ3v) is 3.21. The van der Waals surface area contributed by atoms with Gasteiger partial charge in [0.25, 0.3) is 0 Å². The molecule has 1 aromatic rings. The Kier molecular flexibility index (Phi) is 5.36. The first-order chi connectivity index (χ1) is 9.19. The van der Waals surface area contributed by atoms with E-state index in [0.29, 0.717) is 24.2 Å². The summed E-state index contributed by atoms with van der Waals surface area (Å²) in [5.41, 5.74) is 0. The zero-order chi connectivity index (χ0) is 13.7. The van der Waals surface area contributed by atoms with Gasteiger partial charge in [-0.1, -0.05) is 11.6 Å². The van der Waals surface area contributed by atoms with Gasteiger partial charge in [-0.25, -0.2) is 9.97 Å². The van der Waals surface area contributed by atoms with Gasteiger partial charge in [0.1, 0.15) is 17.6 Å². The minimum atomic E-state index is 0.361. The molecule has 0 amide bonds. The van der Waals surface area contributed by atoms with Crippen LogP contribution in [0.4, 0.5) is 5.82 Å².